The molecule has 1 aromatic rings. The Hall–Kier alpha value is -1.22. The molecule has 1 aliphatic rings. The Balaban J connectivity index is 1.84. The first-order valence-electron chi connectivity index (χ1n) is 8.44. The number of hydrogen-bond donors (Lipinski definition) is 2. The molecule has 0 saturated carbocycles. The van der Waals surface area contributed by atoms with Gasteiger partial charge in [0, 0.05) is 23.8 Å². The number of ether oxygens (including phenoxy) is 1. The van der Waals surface area contributed by atoms with Gasteiger partial charge >= 0.3 is 0 Å². The summed E-state index contributed by atoms with van der Waals surface area (Å²) in [4.78, 5) is 0. The summed E-state index contributed by atoms with van der Waals surface area (Å²) in [5, 5.41) is 7.22. The third-order valence-corrected chi connectivity index (χ3v) is 4.21. The third-order valence-electron chi connectivity index (χ3n) is 4.21. The van der Waals surface area contributed by atoms with Crippen LogP contribution in [0.5, 0.6) is 5.75 Å². The van der Waals surface area contributed by atoms with Gasteiger partial charge in [-0.15, -0.1) is 0 Å². The Kier molecular flexibility index (Phi) is 6.37. The van der Waals surface area contributed by atoms with E-state index in [-0.39, 0.29) is 6.10 Å². The van der Waals surface area contributed by atoms with Crippen molar-refractivity contribution in [1.82, 2.24) is 5.32 Å². The zero-order valence-corrected chi connectivity index (χ0v) is 13.7. The molecule has 0 bridgehead atoms. The van der Waals surface area contributed by atoms with Crippen LogP contribution in [-0.2, 0) is 0 Å². The second-order valence-electron chi connectivity index (χ2n) is 6.29. The molecule has 0 aliphatic carbocycles. The lowest BCUT2D eigenvalue weighted by Crippen LogP contribution is -2.37. The molecule has 0 aromatic heterocycles. The Morgan fingerprint density at radius 2 is 2.19 bits per heavy atom. The summed E-state index contributed by atoms with van der Waals surface area (Å²) >= 11 is 0. The molecule has 2 N–H and O–H groups in total. The molecule has 3 heteroatoms. The minimum absolute atomic E-state index is 0.268. The van der Waals surface area contributed by atoms with E-state index in [1.165, 1.54) is 32.2 Å². The van der Waals surface area contributed by atoms with E-state index in [0.29, 0.717) is 12.1 Å². The van der Waals surface area contributed by atoms with Crippen molar-refractivity contribution in [3.05, 3.63) is 24.3 Å². The van der Waals surface area contributed by atoms with Crippen LogP contribution >= 0.6 is 0 Å². The summed E-state index contributed by atoms with van der Waals surface area (Å²) in [6.07, 6.45) is 6.47. The van der Waals surface area contributed by atoms with Gasteiger partial charge < -0.3 is 15.4 Å². The smallest absolute Gasteiger partial charge is 0.121 e. The standard InChI is InChI=1S/C18H30N2O/c1-4-15(3)21-18-10-7-9-17(13-18)20-14(2)12-16-8-5-6-11-19-16/h7,9-10,13-16,19-20H,4-6,8,11-12H2,1-3H3. The molecule has 1 heterocycles. The van der Waals surface area contributed by atoms with E-state index in [1.54, 1.807) is 0 Å². The molecule has 0 spiro atoms. The molecule has 0 amide bonds. The van der Waals surface area contributed by atoms with Gasteiger partial charge in [0.15, 0.2) is 0 Å². The maximum Gasteiger partial charge on any atom is 0.121 e. The second-order valence-corrected chi connectivity index (χ2v) is 6.29. The molecule has 3 unspecified atom stereocenters. The molecule has 3 nitrogen and oxygen atoms in total. The van der Waals surface area contributed by atoms with Gasteiger partial charge in [0.25, 0.3) is 0 Å². The van der Waals surface area contributed by atoms with Crippen LogP contribution in [0.25, 0.3) is 0 Å². The minimum Gasteiger partial charge on any atom is -0.491 e. The highest BCUT2D eigenvalue weighted by Gasteiger charge is 2.15. The van der Waals surface area contributed by atoms with E-state index in [0.717, 1.165) is 17.9 Å². The summed E-state index contributed by atoms with van der Waals surface area (Å²) < 4.78 is 5.88. The summed E-state index contributed by atoms with van der Waals surface area (Å²) in [6.45, 7) is 7.69. The number of hydrogen-bond acceptors (Lipinski definition) is 3. The molecule has 1 aliphatic heterocycles. The average Bonchev–Trinajstić information content (AvgIpc) is 2.48. The van der Waals surface area contributed by atoms with Crippen molar-refractivity contribution in [1.29, 1.82) is 0 Å². The summed E-state index contributed by atoms with van der Waals surface area (Å²) in [5.74, 6) is 0.956. The molecule has 118 valence electrons. The quantitative estimate of drug-likeness (QED) is 0.789. The summed E-state index contributed by atoms with van der Waals surface area (Å²) in [7, 11) is 0. The monoisotopic (exact) mass is 290 g/mol. The molecule has 3 atom stereocenters. The maximum absolute atomic E-state index is 5.88. The van der Waals surface area contributed by atoms with Crippen LogP contribution in [0.15, 0.2) is 24.3 Å². The van der Waals surface area contributed by atoms with Crippen LogP contribution in [0.1, 0.15) is 52.9 Å². The Morgan fingerprint density at radius 1 is 1.33 bits per heavy atom. The Labute approximate surface area is 129 Å². The number of benzene rings is 1. The van der Waals surface area contributed by atoms with Gasteiger partial charge in [-0.25, -0.2) is 0 Å². The lowest BCUT2D eigenvalue weighted by molar-refractivity contribution is 0.217. The fourth-order valence-electron chi connectivity index (χ4n) is 2.87. The summed E-state index contributed by atoms with van der Waals surface area (Å²) in [5.41, 5.74) is 1.15. The maximum atomic E-state index is 5.88. The van der Waals surface area contributed by atoms with Gasteiger partial charge in [-0.05, 0) is 58.2 Å². The van der Waals surface area contributed by atoms with E-state index in [1.807, 2.05) is 6.07 Å². The van der Waals surface area contributed by atoms with Gasteiger partial charge in [-0.1, -0.05) is 19.4 Å². The van der Waals surface area contributed by atoms with E-state index in [2.05, 4.69) is 49.6 Å². The molecule has 1 saturated heterocycles. The molecule has 2 rings (SSSR count). The van der Waals surface area contributed by atoms with Crippen molar-refractivity contribution in [3.63, 3.8) is 0 Å². The molecular weight excluding hydrogens is 260 g/mol. The van der Waals surface area contributed by atoms with Gasteiger partial charge in [-0.3, -0.25) is 0 Å². The predicted molar refractivity (Wildman–Crippen MR) is 90.2 cm³/mol. The van der Waals surface area contributed by atoms with Gasteiger partial charge in [0.1, 0.15) is 5.75 Å². The Morgan fingerprint density at radius 3 is 2.90 bits per heavy atom. The summed E-state index contributed by atoms with van der Waals surface area (Å²) in [6, 6.07) is 9.46. The first kappa shape index (κ1) is 16.2. The molecule has 21 heavy (non-hydrogen) atoms. The highest BCUT2D eigenvalue weighted by atomic mass is 16.5. The minimum atomic E-state index is 0.268. The van der Waals surface area contributed by atoms with Crippen LogP contribution in [0, 0.1) is 0 Å². The van der Waals surface area contributed by atoms with Crippen molar-refractivity contribution in [3.8, 4) is 5.75 Å². The topological polar surface area (TPSA) is 33.3 Å². The first-order valence-corrected chi connectivity index (χ1v) is 8.44. The lowest BCUT2D eigenvalue weighted by atomic mass is 9.98. The molecular formula is C18H30N2O. The van der Waals surface area contributed by atoms with Crippen molar-refractivity contribution in [2.45, 2.75) is 71.1 Å². The van der Waals surface area contributed by atoms with E-state index in [9.17, 15) is 0 Å². The molecule has 0 radical (unpaired) electrons. The van der Waals surface area contributed by atoms with Crippen molar-refractivity contribution in [2.75, 3.05) is 11.9 Å². The fourth-order valence-corrected chi connectivity index (χ4v) is 2.87. The first-order chi connectivity index (χ1) is 10.2. The molecule has 1 aromatic carbocycles. The van der Waals surface area contributed by atoms with E-state index in [4.69, 9.17) is 4.74 Å². The highest BCUT2D eigenvalue weighted by Crippen LogP contribution is 2.21. The van der Waals surface area contributed by atoms with E-state index >= 15 is 0 Å². The largest absolute Gasteiger partial charge is 0.491 e. The number of rotatable bonds is 7. The van der Waals surface area contributed by atoms with Crippen LogP contribution in [0.2, 0.25) is 0 Å². The fraction of sp³-hybridized carbons (Fsp3) is 0.667. The van der Waals surface area contributed by atoms with Crippen LogP contribution in [-0.4, -0.2) is 24.7 Å². The highest BCUT2D eigenvalue weighted by molar-refractivity contribution is 5.48. The lowest BCUT2D eigenvalue weighted by Gasteiger charge is -2.27. The number of nitrogens with one attached hydrogen (secondary N) is 2. The average molecular weight is 290 g/mol. The zero-order chi connectivity index (χ0) is 15.1. The number of anilines is 1. The van der Waals surface area contributed by atoms with Gasteiger partial charge in [0.2, 0.25) is 0 Å². The van der Waals surface area contributed by atoms with Gasteiger partial charge in [0.05, 0.1) is 6.10 Å². The SMILES string of the molecule is CCC(C)Oc1cccc(NC(C)CC2CCCCN2)c1. The zero-order valence-electron chi connectivity index (χ0n) is 13.7. The van der Waals surface area contributed by atoms with Crippen LogP contribution in [0.4, 0.5) is 5.69 Å². The van der Waals surface area contributed by atoms with Crippen molar-refractivity contribution in [2.24, 2.45) is 0 Å². The molecule has 1 fully saturated rings. The Bertz CT molecular complexity index is 415. The number of piperidine rings is 1. The van der Waals surface area contributed by atoms with Gasteiger partial charge in [-0.2, -0.15) is 0 Å². The normalized spacial score (nSPS) is 21.6. The van der Waals surface area contributed by atoms with Crippen molar-refractivity contribution < 1.29 is 4.74 Å². The van der Waals surface area contributed by atoms with Crippen molar-refractivity contribution >= 4 is 5.69 Å². The van der Waals surface area contributed by atoms with E-state index < -0.39 is 0 Å². The van der Waals surface area contributed by atoms with Crippen LogP contribution in [0.3, 0.4) is 0 Å². The van der Waals surface area contributed by atoms with Crippen LogP contribution < -0.4 is 15.4 Å². The predicted octanol–water partition coefficient (Wildman–Crippen LogP) is 4.20. The second kappa shape index (κ2) is 8.28. The third kappa shape index (κ3) is 5.58.